The number of hydrogen-bond acceptors (Lipinski definition) is 6. The van der Waals surface area contributed by atoms with Gasteiger partial charge in [0.1, 0.15) is 23.1 Å². The van der Waals surface area contributed by atoms with Gasteiger partial charge in [0.15, 0.2) is 0 Å². The quantitative estimate of drug-likeness (QED) is 0.663. The van der Waals surface area contributed by atoms with Crippen LogP contribution in [0.5, 0.6) is 5.75 Å². The second kappa shape index (κ2) is 9.14. The van der Waals surface area contributed by atoms with Crippen molar-refractivity contribution >= 4 is 17.4 Å². The average Bonchev–Trinajstić information content (AvgIpc) is 2.72. The van der Waals surface area contributed by atoms with Crippen molar-refractivity contribution in [3.05, 3.63) is 71.4 Å². The summed E-state index contributed by atoms with van der Waals surface area (Å²) in [7, 11) is 3.39. The summed E-state index contributed by atoms with van der Waals surface area (Å²) >= 11 is 0. The van der Waals surface area contributed by atoms with Crippen LogP contribution in [0, 0.1) is 13.8 Å². The number of pyridine rings is 1. The molecule has 0 aliphatic heterocycles. The molecule has 150 valence electrons. The number of carbonyl (C=O) groups is 1. The Labute approximate surface area is 170 Å². The Morgan fingerprint density at radius 1 is 1.10 bits per heavy atom. The molecule has 0 aliphatic rings. The molecule has 0 radical (unpaired) electrons. The Hall–Kier alpha value is -3.48. The summed E-state index contributed by atoms with van der Waals surface area (Å²) in [5.41, 5.74) is 3.36. The van der Waals surface area contributed by atoms with Crippen LogP contribution in [0.4, 0.5) is 11.5 Å². The van der Waals surface area contributed by atoms with Crippen molar-refractivity contribution in [3.63, 3.8) is 0 Å². The molecule has 7 nitrogen and oxygen atoms in total. The van der Waals surface area contributed by atoms with Gasteiger partial charge in [0, 0.05) is 32.1 Å². The molecule has 1 amide bonds. The SMILES string of the molecule is COc1ccc(C)cc1Nc1cc(C(=O)N(C)CCc2ccncc2)nc(C)n1. The third-order valence-electron chi connectivity index (χ3n) is 4.51. The molecule has 0 saturated heterocycles. The number of hydrogen-bond donors (Lipinski definition) is 1. The standard InChI is InChI=1S/C22H25N5O2/c1-15-5-6-20(29-4)18(13-15)26-21-14-19(24-16(2)25-21)22(28)27(3)12-9-17-7-10-23-11-8-17/h5-8,10-11,13-14H,9,12H2,1-4H3,(H,24,25,26). The lowest BCUT2D eigenvalue weighted by Crippen LogP contribution is -2.30. The molecule has 7 heteroatoms. The average molecular weight is 391 g/mol. The number of benzene rings is 1. The molecule has 1 N–H and O–H groups in total. The van der Waals surface area contributed by atoms with Gasteiger partial charge in [-0.1, -0.05) is 6.07 Å². The van der Waals surface area contributed by atoms with Gasteiger partial charge in [0.2, 0.25) is 0 Å². The van der Waals surface area contributed by atoms with Crippen LogP contribution in [0.15, 0.2) is 48.8 Å². The highest BCUT2D eigenvalue weighted by Crippen LogP contribution is 2.28. The molecule has 1 aromatic carbocycles. The molecule has 3 rings (SSSR count). The van der Waals surface area contributed by atoms with Crippen molar-refractivity contribution in [1.29, 1.82) is 0 Å². The molecule has 2 heterocycles. The minimum atomic E-state index is -0.149. The molecule has 0 fully saturated rings. The summed E-state index contributed by atoms with van der Waals surface area (Å²) in [6.07, 6.45) is 4.26. The summed E-state index contributed by atoms with van der Waals surface area (Å²) in [5, 5.41) is 3.24. The van der Waals surface area contributed by atoms with E-state index in [4.69, 9.17) is 4.74 Å². The normalized spacial score (nSPS) is 10.5. The number of aromatic nitrogens is 3. The van der Waals surface area contributed by atoms with E-state index in [9.17, 15) is 4.79 Å². The third-order valence-corrected chi connectivity index (χ3v) is 4.51. The maximum atomic E-state index is 12.9. The first-order chi connectivity index (χ1) is 14.0. The lowest BCUT2D eigenvalue weighted by atomic mass is 10.2. The monoisotopic (exact) mass is 391 g/mol. The number of likely N-dealkylation sites (N-methyl/N-ethyl adjacent to an activating group) is 1. The van der Waals surface area contributed by atoms with Gasteiger partial charge in [0.05, 0.1) is 12.8 Å². The van der Waals surface area contributed by atoms with Crippen molar-refractivity contribution in [1.82, 2.24) is 19.9 Å². The van der Waals surface area contributed by atoms with Crippen molar-refractivity contribution in [2.45, 2.75) is 20.3 Å². The lowest BCUT2D eigenvalue weighted by molar-refractivity contribution is 0.0790. The molecule has 0 spiro atoms. The fourth-order valence-corrected chi connectivity index (χ4v) is 2.94. The molecule has 0 atom stereocenters. The van der Waals surface area contributed by atoms with E-state index in [1.54, 1.807) is 44.4 Å². The minimum Gasteiger partial charge on any atom is -0.495 e. The Morgan fingerprint density at radius 3 is 2.59 bits per heavy atom. The van der Waals surface area contributed by atoms with Gasteiger partial charge in [-0.15, -0.1) is 0 Å². The van der Waals surface area contributed by atoms with Crippen molar-refractivity contribution in [2.75, 3.05) is 26.0 Å². The van der Waals surface area contributed by atoms with Gasteiger partial charge in [-0.3, -0.25) is 9.78 Å². The molecule has 29 heavy (non-hydrogen) atoms. The number of amides is 1. The predicted molar refractivity (Wildman–Crippen MR) is 113 cm³/mol. The van der Waals surface area contributed by atoms with E-state index in [0.29, 0.717) is 29.6 Å². The van der Waals surface area contributed by atoms with Crippen LogP contribution >= 0.6 is 0 Å². The summed E-state index contributed by atoms with van der Waals surface area (Å²) < 4.78 is 5.41. The third kappa shape index (κ3) is 5.28. The fraction of sp³-hybridized carbons (Fsp3) is 0.273. The number of nitrogens with one attached hydrogen (secondary N) is 1. The Kier molecular flexibility index (Phi) is 6.39. The molecule has 0 bridgehead atoms. The summed E-state index contributed by atoms with van der Waals surface area (Å²) in [6, 6.07) is 11.4. The van der Waals surface area contributed by atoms with Gasteiger partial charge >= 0.3 is 0 Å². The van der Waals surface area contributed by atoms with Gasteiger partial charge in [0.25, 0.3) is 5.91 Å². The molecular formula is C22H25N5O2. The zero-order chi connectivity index (χ0) is 20.8. The summed E-state index contributed by atoms with van der Waals surface area (Å²) in [6.45, 7) is 4.36. The van der Waals surface area contributed by atoms with Gasteiger partial charge in [-0.2, -0.15) is 0 Å². The molecule has 0 unspecified atom stereocenters. The summed E-state index contributed by atoms with van der Waals surface area (Å²) in [4.78, 5) is 27.3. The summed E-state index contributed by atoms with van der Waals surface area (Å²) in [5.74, 6) is 1.62. The van der Waals surface area contributed by atoms with Gasteiger partial charge in [-0.25, -0.2) is 9.97 Å². The van der Waals surface area contributed by atoms with E-state index >= 15 is 0 Å². The minimum absolute atomic E-state index is 0.149. The first kappa shape index (κ1) is 20.3. The number of nitrogens with zero attached hydrogens (tertiary/aromatic N) is 4. The molecule has 0 aliphatic carbocycles. The van der Waals surface area contributed by atoms with E-state index in [1.807, 2.05) is 37.3 Å². The Balaban J connectivity index is 1.76. The zero-order valence-electron chi connectivity index (χ0n) is 17.1. The lowest BCUT2D eigenvalue weighted by Gasteiger charge is -2.18. The highest BCUT2D eigenvalue weighted by molar-refractivity contribution is 5.93. The van der Waals surface area contributed by atoms with Crippen LogP contribution in [-0.2, 0) is 6.42 Å². The predicted octanol–water partition coefficient (Wildman–Crippen LogP) is 3.56. The van der Waals surface area contributed by atoms with Crippen LogP contribution in [0.3, 0.4) is 0 Å². The van der Waals surface area contributed by atoms with E-state index in [-0.39, 0.29) is 5.91 Å². The largest absolute Gasteiger partial charge is 0.495 e. The number of ether oxygens (including phenoxy) is 1. The molecule has 0 saturated carbocycles. The van der Waals surface area contributed by atoms with Crippen molar-refractivity contribution < 1.29 is 9.53 Å². The smallest absolute Gasteiger partial charge is 0.272 e. The van der Waals surface area contributed by atoms with Crippen LogP contribution < -0.4 is 10.1 Å². The number of anilines is 2. The van der Waals surface area contributed by atoms with E-state index in [1.165, 1.54) is 0 Å². The molecule has 2 aromatic heterocycles. The van der Waals surface area contributed by atoms with E-state index in [0.717, 1.165) is 23.2 Å². The van der Waals surface area contributed by atoms with Crippen molar-refractivity contribution in [2.24, 2.45) is 0 Å². The maximum absolute atomic E-state index is 12.9. The van der Waals surface area contributed by atoms with Gasteiger partial charge < -0.3 is 15.0 Å². The van der Waals surface area contributed by atoms with Crippen LogP contribution in [0.25, 0.3) is 0 Å². The first-order valence-electron chi connectivity index (χ1n) is 9.38. The second-order valence-electron chi connectivity index (χ2n) is 6.85. The number of aryl methyl sites for hydroxylation is 2. The zero-order valence-corrected chi connectivity index (χ0v) is 17.1. The van der Waals surface area contributed by atoms with E-state index < -0.39 is 0 Å². The Morgan fingerprint density at radius 2 is 1.86 bits per heavy atom. The fourth-order valence-electron chi connectivity index (χ4n) is 2.94. The van der Waals surface area contributed by atoms with E-state index in [2.05, 4.69) is 20.3 Å². The van der Waals surface area contributed by atoms with Crippen molar-refractivity contribution in [3.8, 4) is 5.75 Å². The van der Waals surface area contributed by atoms with Crippen LogP contribution in [0.1, 0.15) is 27.4 Å². The van der Waals surface area contributed by atoms with Gasteiger partial charge in [-0.05, 0) is 55.7 Å². The maximum Gasteiger partial charge on any atom is 0.272 e. The molecular weight excluding hydrogens is 366 g/mol. The second-order valence-corrected chi connectivity index (χ2v) is 6.85. The molecule has 3 aromatic rings. The first-order valence-corrected chi connectivity index (χ1v) is 9.38. The highest BCUT2D eigenvalue weighted by Gasteiger charge is 2.16. The van der Waals surface area contributed by atoms with Crippen LogP contribution in [0.2, 0.25) is 0 Å². The number of carbonyl (C=O) groups excluding carboxylic acids is 1. The number of methoxy groups -OCH3 is 1. The number of rotatable bonds is 7. The topological polar surface area (TPSA) is 80.2 Å². The Bertz CT molecular complexity index is 992. The van der Waals surface area contributed by atoms with Crippen LogP contribution in [-0.4, -0.2) is 46.5 Å². The highest BCUT2D eigenvalue weighted by atomic mass is 16.5.